The smallest absolute Gasteiger partial charge is 0.329 e. The monoisotopic (exact) mass is 376 g/mol. The third kappa shape index (κ3) is 5.03. The topological polar surface area (TPSA) is 78.2 Å². The Bertz CT molecular complexity index is 740. The van der Waals surface area contributed by atoms with Gasteiger partial charge in [-0.3, -0.25) is 9.59 Å². The van der Waals surface area contributed by atoms with Gasteiger partial charge in [0.2, 0.25) is 0 Å². The Balaban J connectivity index is 1.60. The molecule has 2 amide bonds. The minimum Gasteiger partial charge on any atom is -0.358 e. The van der Waals surface area contributed by atoms with Crippen LogP contribution in [0.2, 0.25) is 0 Å². The fraction of sp³-hybridized carbons (Fsp3) is 0.526. The van der Waals surface area contributed by atoms with Crippen molar-refractivity contribution < 1.29 is 18.9 Å². The van der Waals surface area contributed by atoms with Crippen LogP contribution in [-0.2, 0) is 9.59 Å². The van der Waals surface area contributed by atoms with Crippen LogP contribution in [0.5, 0.6) is 0 Å². The lowest BCUT2D eigenvalue weighted by Gasteiger charge is -2.33. The first-order valence-corrected chi connectivity index (χ1v) is 9.51. The van der Waals surface area contributed by atoms with Gasteiger partial charge >= 0.3 is 11.8 Å². The lowest BCUT2D eigenvalue weighted by molar-refractivity contribution is -0.898. The number of carbonyl (C=O) groups is 2. The molecule has 1 aliphatic heterocycles. The highest BCUT2D eigenvalue weighted by Crippen LogP contribution is 2.21. The van der Waals surface area contributed by atoms with Gasteiger partial charge in [0.15, 0.2) is 0 Å². The summed E-state index contributed by atoms with van der Waals surface area (Å²) >= 11 is 0. The molecule has 3 N–H and O–H groups in total. The molecule has 0 unspecified atom stereocenters. The third-order valence-corrected chi connectivity index (χ3v) is 5.12. The molecule has 0 atom stereocenters. The van der Waals surface area contributed by atoms with Crippen molar-refractivity contribution in [2.45, 2.75) is 32.7 Å². The van der Waals surface area contributed by atoms with E-state index >= 15 is 0 Å². The summed E-state index contributed by atoms with van der Waals surface area (Å²) in [6, 6.07) is 5.06. The van der Waals surface area contributed by atoms with Crippen LogP contribution >= 0.6 is 0 Å². The number of hydrogen-bond donors (Lipinski definition) is 3. The second-order valence-corrected chi connectivity index (χ2v) is 7.14. The molecule has 1 saturated heterocycles. The molecule has 2 aliphatic rings. The van der Waals surface area contributed by atoms with Crippen molar-refractivity contribution in [1.29, 1.82) is 0 Å². The third-order valence-electron chi connectivity index (χ3n) is 5.12. The number of rotatable bonds is 5. The van der Waals surface area contributed by atoms with Crippen LogP contribution in [0.4, 0.5) is 10.1 Å². The fourth-order valence-corrected chi connectivity index (χ4v) is 3.13. The number of quaternary nitrogens is 1. The van der Waals surface area contributed by atoms with Gasteiger partial charge in [-0.05, 0) is 38.8 Å². The molecule has 146 valence electrons. The average Bonchev–Trinajstić information content (AvgIpc) is 3.49. The van der Waals surface area contributed by atoms with Crippen molar-refractivity contribution >= 4 is 23.2 Å². The van der Waals surface area contributed by atoms with E-state index in [1.807, 2.05) is 0 Å². The average molecular weight is 376 g/mol. The number of nitrogens with one attached hydrogen (secondary N) is 3. The normalized spacial score (nSPS) is 18.3. The largest absolute Gasteiger partial charge is 0.358 e. The molecule has 1 heterocycles. The summed E-state index contributed by atoms with van der Waals surface area (Å²) < 4.78 is 14.6. The molecule has 0 spiro atoms. The first-order valence-electron chi connectivity index (χ1n) is 9.51. The molecule has 1 aliphatic carbocycles. The molecule has 27 heavy (non-hydrogen) atoms. The van der Waals surface area contributed by atoms with Crippen LogP contribution in [-0.4, -0.2) is 56.3 Å². The number of nitrogens with zero attached hydrogens (tertiary/aromatic N) is 2. The second-order valence-electron chi connectivity index (χ2n) is 7.14. The standard InChI is InChI=1S/C19H26FN5O2/c1-3-24-8-10-25(11-9-24)17-7-4-14(12-16(17)20)13(2)22-23-19(27)18(26)21-15-5-6-15/h4,7,12,15H,3,5-6,8-11H2,1-2H3,(H,21,26)(H,23,27)/p+1/b22-13-. The first-order chi connectivity index (χ1) is 13.0. The van der Waals surface area contributed by atoms with Gasteiger partial charge in [0.1, 0.15) is 5.82 Å². The highest BCUT2D eigenvalue weighted by molar-refractivity contribution is 6.35. The van der Waals surface area contributed by atoms with E-state index in [4.69, 9.17) is 0 Å². The minimum atomic E-state index is -0.811. The maximum absolute atomic E-state index is 14.6. The molecule has 1 aromatic rings. The fourth-order valence-electron chi connectivity index (χ4n) is 3.13. The van der Waals surface area contributed by atoms with Crippen LogP contribution < -0.4 is 20.5 Å². The van der Waals surface area contributed by atoms with Crippen molar-refractivity contribution in [3.8, 4) is 0 Å². The number of benzene rings is 1. The zero-order valence-corrected chi connectivity index (χ0v) is 15.8. The maximum atomic E-state index is 14.6. The summed E-state index contributed by atoms with van der Waals surface area (Å²) in [4.78, 5) is 26.9. The number of carbonyl (C=O) groups excluding carboxylic acids is 2. The Kier molecular flexibility index (Phi) is 6.05. The predicted molar refractivity (Wildman–Crippen MR) is 101 cm³/mol. The SMILES string of the molecule is CC[NH+]1CCN(c2ccc(/C(C)=N\NC(=O)C(=O)NC3CC3)cc2F)CC1. The van der Waals surface area contributed by atoms with Crippen LogP contribution in [0, 0.1) is 5.82 Å². The number of likely N-dealkylation sites (N-methyl/N-ethyl adjacent to an activating group) is 1. The van der Waals surface area contributed by atoms with Gasteiger partial charge < -0.3 is 15.1 Å². The zero-order chi connectivity index (χ0) is 19.4. The van der Waals surface area contributed by atoms with E-state index in [9.17, 15) is 14.0 Å². The van der Waals surface area contributed by atoms with E-state index < -0.39 is 11.8 Å². The van der Waals surface area contributed by atoms with Crippen molar-refractivity contribution in [3.05, 3.63) is 29.6 Å². The number of hydrogen-bond acceptors (Lipinski definition) is 4. The quantitative estimate of drug-likeness (QED) is 0.374. The Morgan fingerprint density at radius 1 is 1.26 bits per heavy atom. The van der Waals surface area contributed by atoms with Gasteiger partial charge in [-0.2, -0.15) is 5.10 Å². The summed E-state index contributed by atoms with van der Waals surface area (Å²) in [6.07, 6.45) is 1.81. The first kappa shape index (κ1) is 19.3. The van der Waals surface area contributed by atoms with Crippen LogP contribution in [0.25, 0.3) is 0 Å². The Morgan fingerprint density at radius 2 is 1.96 bits per heavy atom. The van der Waals surface area contributed by atoms with Crippen molar-refractivity contribution in [2.24, 2.45) is 5.10 Å². The Morgan fingerprint density at radius 3 is 2.56 bits per heavy atom. The van der Waals surface area contributed by atoms with E-state index in [0.29, 0.717) is 17.0 Å². The summed E-state index contributed by atoms with van der Waals surface area (Å²) in [7, 11) is 0. The highest BCUT2D eigenvalue weighted by atomic mass is 19.1. The zero-order valence-electron chi connectivity index (χ0n) is 15.8. The summed E-state index contributed by atoms with van der Waals surface area (Å²) in [5, 5.41) is 6.51. The van der Waals surface area contributed by atoms with Crippen molar-refractivity contribution in [3.63, 3.8) is 0 Å². The maximum Gasteiger partial charge on any atom is 0.329 e. The number of anilines is 1. The molecule has 7 nitrogen and oxygen atoms in total. The lowest BCUT2D eigenvalue weighted by Crippen LogP contribution is -3.14. The Labute approximate surface area is 158 Å². The molecular weight excluding hydrogens is 349 g/mol. The summed E-state index contributed by atoms with van der Waals surface area (Å²) in [5.74, 6) is -1.81. The molecule has 1 saturated carbocycles. The predicted octanol–water partition coefficient (Wildman–Crippen LogP) is -0.331. The van der Waals surface area contributed by atoms with E-state index in [1.54, 1.807) is 19.1 Å². The molecule has 1 aromatic carbocycles. The van der Waals surface area contributed by atoms with Crippen LogP contribution in [0.15, 0.2) is 23.3 Å². The van der Waals surface area contributed by atoms with Crippen molar-refractivity contribution in [2.75, 3.05) is 37.6 Å². The summed E-state index contributed by atoms with van der Waals surface area (Å²) in [6.45, 7) is 8.60. The molecule has 2 fully saturated rings. The molecule has 8 heteroatoms. The van der Waals surface area contributed by atoms with Gasteiger partial charge in [0.05, 0.1) is 44.1 Å². The molecule has 0 radical (unpaired) electrons. The minimum absolute atomic E-state index is 0.107. The molecule has 3 rings (SSSR count). The Hall–Kier alpha value is -2.48. The van der Waals surface area contributed by atoms with Gasteiger partial charge in [-0.1, -0.05) is 6.07 Å². The van der Waals surface area contributed by atoms with Gasteiger partial charge in [0, 0.05) is 11.6 Å². The van der Waals surface area contributed by atoms with E-state index in [1.165, 1.54) is 11.0 Å². The van der Waals surface area contributed by atoms with Crippen LogP contribution in [0.1, 0.15) is 32.3 Å². The second kappa shape index (κ2) is 8.47. The van der Waals surface area contributed by atoms with E-state index in [0.717, 1.165) is 45.6 Å². The number of halogens is 1. The van der Waals surface area contributed by atoms with Gasteiger partial charge in [-0.15, -0.1) is 0 Å². The highest BCUT2D eigenvalue weighted by Gasteiger charge is 2.26. The molecular formula is C19H27FN5O2+. The molecule has 0 bridgehead atoms. The number of hydrazone groups is 1. The van der Waals surface area contributed by atoms with Gasteiger partial charge in [-0.25, -0.2) is 9.82 Å². The van der Waals surface area contributed by atoms with Crippen LogP contribution in [0.3, 0.4) is 0 Å². The summed E-state index contributed by atoms with van der Waals surface area (Å²) in [5.41, 5.74) is 3.82. The van der Waals surface area contributed by atoms with E-state index in [2.05, 4.69) is 27.7 Å². The van der Waals surface area contributed by atoms with Gasteiger partial charge in [0.25, 0.3) is 0 Å². The number of amides is 2. The molecule has 0 aromatic heterocycles. The lowest BCUT2D eigenvalue weighted by atomic mass is 10.1. The van der Waals surface area contributed by atoms with Crippen molar-refractivity contribution in [1.82, 2.24) is 10.7 Å². The van der Waals surface area contributed by atoms with E-state index in [-0.39, 0.29) is 11.9 Å². The number of piperazine rings is 1.